The normalized spacial score (nSPS) is 10.6. The summed E-state index contributed by atoms with van der Waals surface area (Å²) in [6, 6.07) is 0. The van der Waals surface area contributed by atoms with E-state index in [2.05, 4.69) is 43.3 Å². The summed E-state index contributed by atoms with van der Waals surface area (Å²) in [6.45, 7) is 8.53. The molecule has 0 atom stereocenters. The first kappa shape index (κ1) is 11.9. The Labute approximate surface area is 95.8 Å². The molecule has 0 aliphatic carbocycles. The van der Waals surface area contributed by atoms with Crippen molar-refractivity contribution in [2.45, 2.75) is 32.9 Å². The maximum Gasteiger partial charge on any atom is 0.185 e. The van der Waals surface area contributed by atoms with Crippen LogP contribution in [0, 0.1) is 0 Å². The maximum atomic E-state index is 4.64. The number of thiazole rings is 1. The van der Waals surface area contributed by atoms with Crippen molar-refractivity contribution in [3.63, 3.8) is 0 Å². The SMILES string of the molecule is CCc1nc(N(CC)CC)sc1CS. The fourth-order valence-electron chi connectivity index (χ4n) is 1.40. The van der Waals surface area contributed by atoms with Crippen LogP contribution in [0.1, 0.15) is 31.3 Å². The minimum absolute atomic E-state index is 0.808. The van der Waals surface area contributed by atoms with Gasteiger partial charge in [0, 0.05) is 23.7 Å². The lowest BCUT2D eigenvalue weighted by Crippen LogP contribution is -2.21. The van der Waals surface area contributed by atoms with Gasteiger partial charge in [0.2, 0.25) is 0 Å². The molecule has 0 aliphatic rings. The van der Waals surface area contributed by atoms with Crippen LogP contribution in [0.3, 0.4) is 0 Å². The van der Waals surface area contributed by atoms with E-state index in [9.17, 15) is 0 Å². The number of aromatic nitrogens is 1. The van der Waals surface area contributed by atoms with Crippen LogP contribution in [-0.4, -0.2) is 18.1 Å². The van der Waals surface area contributed by atoms with Gasteiger partial charge in [-0.05, 0) is 20.3 Å². The lowest BCUT2D eigenvalue weighted by atomic mass is 10.3. The smallest absolute Gasteiger partial charge is 0.185 e. The Morgan fingerprint density at radius 2 is 1.93 bits per heavy atom. The van der Waals surface area contributed by atoms with Gasteiger partial charge in [0.15, 0.2) is 5.13 Å². The van der Waals surface area contributed by atoms with Gasteiger partial charge in [-0.1, -0.05) is 6.92 Å². The van der Waals surface area contributed by atoms with Crippen molar-refractivity contribution < 1.29 is 0 Å². The summed E-state index contributed by atoms with van der Waals surface area (Å²) in [5.74, 6) is 0.808. The molecule has 1 aromatic rings. The molecule has 0 spiro atoms. The molecule has 0 unspecified atom stereocenters. The van der Waals surface area contributed by atoms with Gasteiger partial charge >= 0.3 is 0 Å². The summed E-state index contributed by atoms with van der Waals surface area (Å²) < 4.78 is 0. The summed E-state index contributed by atoms with van der Waals surface area (Å²) in [6.07, 6.45) is 1.01. The van der Waals surface area contributed by atoms with E-state index in [0.717, 1.165) is 30.4 Å². The van der Waals surface area contributed by atoms with Gasteiger partial charge in [0.25, 0.3) is 0 Å². The van der Waals surface area contributed by atoms with Gasteiger partial charge in [-0.15, -0.1) is 11.3 Å². The number of anilines is 1. The molecule has 1 aromatic heterocycles. The number of nitrogens with zero attached hydrogens (tertiary/aromatic N) is 2. The standard InChI is InChI=1S/C10H18N2S2/c1-4-8-9(7-13)14-10(11-8)12(5-2)6-3/h13H,4-7H2,1-3H3. The first-order chi connectivity index (χ1) is 6.76. The summed E-state index contributed by atoms with van der Waals surface area (Å²) >= 11 is 6.11. The molecule has 0 aliphatic heterocycles. The molecule has 0 aromatic carbocycles. The Bertz CT molecular complexity index is 258. The minimum Gasteiger partial charge on any atom is -0.349 e. The molecule has 1 rings (SSSR count). The molecule has 4 heteroatoms. The molecule has 0 radical (unpaired) electrons. The Morgan fingerprint density at radius 3 is 2.29 bits per heavy atom. The third-order valence-corrected chi connectivity index (χ3v) is 3.97. The van der Waals surface area contributed by atoms with Crippen LogP contribution >= 0.6 is 24.0 Å². The summed E-state index contributed by atoms with van der Waals surface area (Å²) in [5, 5.41) is 1.15. The van der Waals surface area contributed by atoms with E-state index < -0.39 is 0 Å². The predicted octanol–water partition coefficient (Wildman–Crippen LogP) is 2.98. The highest BCUT2D eigenvalue weighted by Gasteiger charge is 2.11. The fraction of sp³-hybridized carbons (Fsp3) is 0.700. The van der Waals surface area contributed by atoms with Crippen molar-refractivity contribution in [2.75, 3.05) is 18.0 Å². The van der Waals surface area contributed by atoms with Crippen LogP contribution < -0.4 is 4.90 Å². The first-order valence-corrected chi connectivity index (χ1v) is 6.56. The number of aryl methyl sites for hydroxylation is 1. The van der Waals surface area contributed by atoms with Crippen molar-refractivity contribution in [1.82, 2.24) is 4.98 Å². The number of thiol groups is 1. The largest absolute Gasteiger partial charge is 0.349 e. The third kappa shape index (κ3) is 2.42. The van der Waals surface area contributed by atoms with Crippen LogP contribution in [0.5, 0.6) is 0 Å². The van der Waals surface area contributed by atoms with Gasteiger partial charge in [-0.3, -0.25) is 0 Å². The molecule has 1 heterocycles. The Balaban J connectivity index is 2.93. The third-order valence-electron chi connectivity index (χ3n) is 2.28. The fourth-order valence-corrected chi connectivity index (χ4v) is 2.91. The summed E-state index contributed by atoms with van der Waals surface area (Å²) in [7, 11) is 0. The van der Waals surface area contributed by atoms with Gasteiger partial charge in [-0.25, -0.2) is 4.98 Å². The molecule has 0 saturated carbocycles. The van der Waals surface area contributed by atoms with E-state index in [-0.39, 0.29) is 0 Å². The molecule has 0 fully saturated rings. The first-order valence-electron chi connectivity index (χ1n) is 5.11. The monoisotopic (exact) mass is 230 g/mol. The van der Waals surface area contributed by atoms with Crippen LogP contribution in [0.15, 0.2) is 0 Å². The molecule has 2 nitrogen and oxygen atoms in total. The van der Waals surface area contributed by atoms with Crippen LogP contribution in [0.4, 0.5) is 5.13 Å². The van der Waals surface area contributed by atoms with Gasteiger partial charge in [0.05, 0.1) is 5.69 Å². The molecule has 0 amide bonds. The number of hydrogen-bond donors (Lipinski definition) is 1. The highest BCUT2D eigenvalue weighted by molar-refractivity contribution is 7.79. The number of hydrogen-bond acceptors (Lipinski definition) is 4. The molecular weight excluding hydrogens is 212 g/mol. The molecule has 0 N–H and O–H groups in total. The predicted molar refractivity (Wildman–Crippen MR) is 67.7 cm³/mol. The molecular formula is C10H18N2S2. The van der Waals surface area contributed by atoms with Gasteiger partial charge in [0.1, 0.15) is 0 Å². The average molecular weight is 230 g/mol. The topological polar surface area (TPSA) is 16.1 Å². The second-order valence-corrected chi connectivity index (χ2v) is 4.43. The lowest BCUT2D eigenvalue weighted by Gasteiger charge is -2.16. The highest BCUT2D eigenvalue weighted by atomic mass is 32.1. The molecule has 14 heavy (non-hydrogen) atoms. The van der Waals surface area contributed by atoms with Gasteiger partial charge < -0.3 is 4.90 Å². The second-order valence-electron chi connectivity index (χ2n) is 3.05. The minimum atomic E-state index is 0.808. The lowest BCUT2D eigenvalue weighted by molar-refractivity contribution is 0.853. The van der Waals surface area contributed by atoms with Gasteiger partial charge in [-0.2, -0.15) is 12.6 Å². The quantitative estimate of drug-likeness (QED) is 0.783. The Morgan fingerprint density at radius 1 is 1.29 bits per heavy atom. The Kier molecular flexibility index (Phi) is 4.75. The summed E-state index contributed by atoms with van der Waals surface area (Å²) in [4.78, 5) is 8.24. The molecule has 0 bridgehead atoms. The van der Waals surface area contributed by atoms with Crippen LogP contribution in [0.25, 0.3) is 0 Å². The zero-order valence-corrected chi connectivity index (χ0v) is 10.8. The average Bonchev–Trinajstić information content (AvgIpc) is 2.63. The van der Waals surface area contributed by atoms with Crippen molar-refractivity contribution in [3.05, 3.63) is 10.6 Å². The molecule has 80 valence electrons. The Hall–Kier alpha value is -0.220. The zero-order chi connectivity index (χ0) is 10.6. The maximum absolute atomic E-state index is 4.64. The summed E-state index contributed by atoms with van der Waals surface area (Å²) in [5.41, 5.74) is 1.21. The van der Waals surface area contributed by atoms with Crippen molar-refractivity contribution in [3.8, 4) is 0 Å². The van der Waals surface area contributed by atoms with Crippen LogP contribution in [-0.2, 0) is 12.2 Å². The van der Waals surface area contributed by atoms with E-state index in [1.165, 1.54) is 10.6 Å². The highest BCUT2D eigenvalue weighted by Crippen LogP contribution is 2.27. The number of rotatable bonds is 5. The van der Waals surface area contributed by atoms with Crippen molar-refractivity contribution in [1.29, 1.82) is 0 Å². The zero-order valence-electron chi connectivity index (χ0n) is 9.08. The second kappa shape index (κ2) is 5.61. The van der Waals surface area contributed by atoms with E-state index >= 15 is 0 Å². The van der Waals surface area contributed by atoms with E-state index in [1.807, 2.05) is 0 Å². The van der Waals surface area contributed by atoms with Crippen molar-refractivity contribution in [2.24, 2.45) is 0 Å². The van der Waals surface area contributed by atoms with E-state index in [4.69, 9.17) is 0 Å². The molecule has 0 saturated heterocycles. The van der Waals surface area contributed by atoms with E-state index in [1.54, 1.807) is 11.3 Å². The van der Waals surface area contributed by atoms with Crippen molar-refractivity contribution >= 4 is 29.1 Å². The van der Waals surface area contributed by atoms with Crippen LogP contribution in [0.2, 0.25) is 0 Å². The van der Waals surface area contributed by atoms with E-state index in [0.29, 0.717) is 0 Å².